The van der Waals surface area contributed by atoms with Crippen LogP contribution in [0.5, 0.6) is 0 Å². The summed E-state index contributed by atoms with van der Waals surface area (Å²) in [6.45, 7) is 0.345. The molecule has 0 unspecified atom stereocenters. The second-order valence-corrected chi connectivity index (χ2v) is 4.05. The molecule has 0 fully saturated rings. The van der Waals surface area contributed by atoms with Gasteiger partial charge in [0.05, 0.1) is 30.6 Å². The first-order valence-electron chi connectivity index (χ1n) is 5.08. The van der Waals surface area contributed by atoms with Gasteiger partial charge < -0.3 is 10.1 Å². The molecule has 5 nitrogen and oxygen atoms in total. The molecule has 1 aromatic heterocycles. The van der Waals surface area contributed by atoms with Gasteiger partial charge in [-0.15, -0.1) is 5.10 Å². The van der Waals surface area contributed by atoms with Gasteiger partial charge in [-0.05, 0) is 29.7 Å². The average Bonchev–Trinajstić information content (AvgIpc) is 2.90. The zero-order valence-corrected chi connectivity index (χ0v) is 10.3. The Bertz CT molecular complexity index is 545. The number of hydrogen-bond acceptors (Lipinski definition) is 6. The number of esters is 1. The Kier molecular flexibility index (Phi) is 3.83. The van der Waals surface area contributed by atoms with Crippen LogP contribution in [-0.4, -0.2) is 22.7 Å². The van der Waals surface area contributed by atoms with Crippen molar-refractivity contribution in [2.75, 3.05) is 12.4 Å². The standard InChI is InChI=1S/C11H10FN3O2S/c1-17-11(16)7-2-3-9(12)10(4-7)13-5-8-6-18-15-14-8/h2-4,6,13H,5H2,1H3. The minimum Gasteiger partial charge on any atom is -0.465 e. The van der Waals surface area contributed by atoms with Gasteiger partial charge >= 0.3 is 5.97 Å². The van der Waals surface area contributed by atoms with Crippen LogP contribution in [0.15, 0.2) is 23.6 Å². The van der Waals surface area contributed by atoms with Crippen molar-refractivity contribution in [1.82, 2.24) is 9.59 Å². The molecule has 1 N–H and O–H groups in total. The van der Waals surface area contributed by atoms with Crippen LogP contribution in [0.4, 0.5) is 10.1 Å². The zero-order chi connectivity index (χ0) is 13.0. The molecule has 7 heteroatoms. The lowest BCUT2D eigenvalue weighted by Crippen LogP contribution is -2.06. The second-order valence-electron chi connectivity index (χ2n) is 3.44. The maximum atomic E-state index is 13.5. The molecule has 0 saturated carbocycles. The first-order valence-corrected chi connectivity index (χ1v) is 5.92. The predicted octanol–water partition coefficient (Wildman–Crippen LogP) is 2.08. The molecule has 18 heavy (non-hydrogen) atoms. The Balaban J connectivity index is 2.13. The van der Waals surface area contributed by atoms with Crippen molar-refractivity contribution in [1.29, 1.82) is 0 Å². The molecule has 0 radical (unpaired) electrons. The summed E-state index contributed by atoms with van der Waals surface area (Å²) in [6, 6.07) is 3.99. The van der Waals surface area contributed by atoms with Crippen LogP contribution in [0, 0.1) is 5.82 Å². The Morgan fingerprint density at radius 3 is 3.06 bits per heavy atom. The number of aromatic nitrogens is 2. The largest absolute Gasteiger partial charge is 0.465 e. The van der Waals surface area contributed by atoms with E-state index in [0.29, 0.717) is 12.2 Å². The van der Waals surface area contributed by atoms with Gasteiger partial charge in [0.25, 0.3) is 0 Å². The van der Waals surface area contributed by atoms with Crippen molar-refractivity contribution in [2.24, 2.45) is 0 Å². The van der Waals surface area contributed by atoms with Crippen LogP contribution in [0.3, 0.4) is 0 Å². The highest BCUT2D eigenvalue weighted by atomic mass is 32.1. The average molecular weight is 267 g/mol. The smallest absolute Gasteiger partial charge is 0.337 e. The van der Waals surface area contributed by atoms with E-state index < -0.39 is 11.8 Å². The molecular formula is C11H10FN3O2S. The predicted molar refractivity (Wildman–Crippen MR) is 65.0 cm³/mol. The number of methoxy groups -OCH3 is 1. The molecule has 2 rings (SSSR count). The number of carbonyl (C=O) groups excluding carboxylic acids is 1. The van der Waals surface area contributed by atoms with Gasteiger partial charge in [0.15, 0.2) is 0 Å². The quantitative estimate of drug-likeness (QED) is 0.859. The van der Waals surface area contributed by atoms with Crippen molar-refractivity contribution in [3.63, 3.8) is 0 Å². The van der Waals surface area contributed by atoms with E-state index in [0.717, 1.165) is 0 Å². The number of rotatable bonds is 4. The van der Waals surface area contributed by atoms with Crippen molar-refractivity contribution in [3.05, 3.63) is 40.7 Å². The lowest BCUT2D eigenvalue weighted by atomic mass is 10.2. The van der Waals surface area contributed by atoms with E-state index in [2.05, 4.69) is 19.6 Å². The Hall–Kier alpha value is -2.02. The van der Waals surface area contributed by atoms with Crippen molar-refractivity contribution >= 4 is 23.2 Å². The van der Waals surface area contributed by atoms with E-state index in [4.69, 9.17) is 0 Å². The van der Waals surface area contributed by atoms with Crippen LogP contribution in [0.25, 0.3) is 0 Å². The van der Waals surface area contributed by atoms with Crippen LogP contribution in [0.1, 0.15) is 16.1 Å². The van der Waals surface area contributed by atoms with Crippen molar-refractivity contribution < 1.29 is 13.9 Å². The number of anilines is 1. The number of hydrogen-bond donors (Lipinski definition) is 1. The maximum Gasteiger partial charge on any atom is 0.337 e. The molecule has 1 heterocycles. The zero-order valence-electron chi connectivity index (χ0n) is 9.51. The van der Waals surface area contributed by atoms with Crippen molar-refractivity contribution in [3.8, 4) is 0 Å². The van der Waals surface area contributed by atoms with E-state index in [-0.39, 0.29) is 11.3 Å². The molecule has 0 atom stereocenters. The van der Waals surface area contributed by atoms with Crippen LogP contribution < -0.4 is 5.32 Å². The third-order valence-corrected chi connectivity index (χ3v) is 2.81. The van der Waals surface area contributed by atoms with Crippen LogP contribution >= 0.6 is 11.5 Å². The van der Waals surface area contributed by atoms with Gasteiger partial charge in [-0.25, -0.2) is 9.18 Å². The lowest BCUT2D eigenvalue weighted by Gasteiger charge is -2.07. The number of ether oxygens (including phenoxy) is 1. The molecule has 0 amide bonds. The Labute approximate surface area is 107 Å². The minimum atomic E-state index is -0.506. The third kappa shape index (κ3) is 2.80. The third-order valence-electron chi connectivity index (χ3n) is 2.25. The topological polar surface area (TPSA) is 64.1 Å². The fraction of sp³-hybridized carbons (Fsp3) is 0.182. The summed E-state index contributed by atoms with van der Waals surface area (Å²) >= 11 is 1.22. The van der Waals surface area contributed by atoms with Crippen molar-refractivity contribution in [2.45, 2.75) is 6.54 Å². The summed E-state index contributed by atoms with van der Waals surface area (Å²) in [5, 5.41) is 8.44. The van der Waals surface area contributed by atoms with Gasteiger partial charge in [-0.1, -0.05) is 4.49 Å². The lowest BCUT2D eigenvalue weighted by molar-refractivity contribution is 0.0600. The van der Waals surface area contributed by atoms with Crippen LogP contribution in [0.2, 0.25) is 0 Å². The highest BCUT2D eigenvalue weighted by Crippen LogP contribution is 2.17. The molecule has 94 valence electrons. The molecule has 0 aliphatic rings. The number of benzene rings is 1. The molecule has 0 spiro atoms. The SMILES string of the molecule is COC(=O)c1ccc(F)c(NCc2csnn2)c1. The van der Waals surface area contributed by atoms with E-state index in [1.54, 1.807) is 5.38 Å². The monoisotopic (exact) mass is 267 g/mol. The maximum absolute atomic E-state index is 13.5. The summed E-state index contributed by atoms with van der Waals surface area (Å²) in [5.41, 5.74) is 1.23. The molecule has 0 aliphatic carbocycles. The van der Waals surface area contributed by atoms with Gasteiger partial charge in [-0.2, -0.15) is 0 Å². The van der Waals surface area contributed by atoms with Gasteiger partial charge in [-0.3, -0.25) is 0 Å². The summed E-state index contributed by atoms with van der Waals surface area (Å²) in [4.78, 5) is 11.3. The fourth-order valence-electron chi connectivity index (χ4n) is 1.35. The summed E-state index contributed by atoms with van der Waals surface area (Å²) in [6.07, 6.45) is 0. The molecule has 0 bridgehead atoms. The van der Waals surface area contributed by atoms with E-state index >= 15 is 0 Å². The Morgan fingerprint density at radius 2 is 2.39 bits per heavy atom. The van der Waals surface area contributed by atoms with E-state index in [1.807, 2.05) is 0 Å². The Morgan fingerprint density at radius 1 is 1.56 bits per heavy atom. The van der Waals surface area contributed by atoms with Gasteiger partial charge in [0.2, 0.25) is 0 Å². The first-order chi connectivity index (χ1) is 8.70. The summed E-state index contributed by atoms with van der Waals surface area (Å²) in [7, 11) is 1.28. The second kappa shape index (κ2) is 5.54. The van der Waals surface area contributed by atoms with E-state index in [9.17, 15) is 9.18 Å². The minimum absolute atomic E-state index is 0.228. The summed E-state index contributed by atoms with van der Waals surface area (Å²) in [5.74, 6) is -0.945. The van der Waals surface area contributed by atoms with E-state index in [1.165, 1.54) is 36.8 Å². The normalized spacial score (nSPS) is 10.1. The summed E-state index contributed by atoms with van der Waals surface area (Å²) < 4.78 is 21.8. The molecule has 0 aliphatic heterocycles. The molecule has 2 aromatic rings. The fourth-order valence-corrected chi connectivity index (χ4v) is 1.80. The molecule has 1 aromatic carbocycles. The number of nitrogens with one attached hydrogen (secondary N) is 1. The first kappa shape index (κ1) is 12.4. The highest BCUT2D eigenvalue weighted by Gasteiger charge is 2.10. The number of halogens is 1. The molecule has 0 saturated heterocycles. The number of nitrogens with zero attached hydrogens (tertiary/aromatic N) is 2. The number of carbonyl (C=O) groups is 1. The van der Waals surface area contributed by atoms with Crippen LogP contribution in [-0.2, 0) is 11.3 Å². The van der Waals surface area contributed by atoms with Gasteiger partial charge in [0.1, 0.15) is 5.82 Å². The van der Waals surface area contributed by atoms with Gasteiger partial charge in [0, 0.05) is 5.38 Å². The highest BCUT2D eigenvalue weighted by molar-refractivity contribution is 7.03. The molecular weight excluding hydrogens is 257 g/mol.